The fraction of sp³-hybridized carbons (Fsp3) is 0.316. The van der Waals surface area contributed by atoms with Gasteiger partial charge < -0.3 is 9.72 Å². The highest BCUT2D eigenvalue weighted by Crippen LogP contribution is 2.35. The van der Waals surface area contributed by atoms with Gasteiger partial charge in [-0.1, -0.05) is 13.0 Å². The monoisotopic (exact) mass is 390 g/mol. The van der Waals surface area contributed by atoms with Crippen molar-refractivity contribution in [2.24, 2.45) is 5.92 Å². The molecule has 1 aliphatic carbocycles. The average molecular weight is 390 g/mol. The zero-order valence-corrected chi connectivity index (χ0v) is 15.3. The van der Waals surface area contributed by atoms with E-state index < -0.39 is 23.2 Å². The van der Waals surface area contributed by atoms with E-state index in [1.54, 1.807) is 0 Å². The van der Waals surface area contributed by atoms with Gasteiger partial charge in [-0.2, -0.15) is 0 Å². The molecular formula is C19H16F2N2O3S. The number of nitrogens with zero attached hydrogens (tertiary/aromatic N) is 1. The van der Waals surface area contributed by atoms with E-state index in [0.29, 0.717) is 16.1 Å². The summed E-state index contributed by atoms with van der Waals surface area (Å²) in [7, 11) is 0. The van der Waals surface area contributed by atoms with Crippen LogP contribution < -0.4 is 5.56 Å². The number of H-pyrrole nitrogens is 1. The second-order valence-corrected chi connectivity index (χ2v) is 7.80. The number of hydrogen-bond acceptors (Lipinski definition) is 5. The largest absolute Gasteiger partial charge is 0.454 e. The Bertz CT molecular complexity index is 1090. The summed E-state index contributed by atoms with van der Waals surface area (Å²) in [4.78, 5) is 33.2. The third-order valence-corrected chi connectivity index (χ3v) is 5.87. The van der Waals surface area contributed by atoms with Gasteiger partial charge in [0.15, 0.2) is 0 Å². The van der Waals surface area contributed by atoms with Crippen molar-refractivity contribution < 1.29 is 18.3 Å². The van der Waals surface area contributed by atoms with Gasteiger partial charge in [0.25, 0.3) is 5.56 Å². The highest BCUT2D eigenvalue weighted by atomic mass is 32.1. The van der Waals surface area contributed by atoms with Gasteiger partial charge in [0.2, 0.25) is 0 Å². The first kappa shape index (κ1) is 17.8. The number of benzene rings is 1. The summed E-state index contributed by atoms with van der Waals surface area (Å²) in [5, 5.41) is 0.595. The Hall–Kier alpha value is -2.61. The third kappa shape index (κ3) is 3.25. The number of rotatable bonds is 3. The number of fused-ring (bicyclic) bond motifs is 3. The molecule has 1 N–H and O–H groups in total. The SMILES string of the molecule is C[C@@H]1CCc2c(sc3nc(COC(=O)c4c(F)cccc4F)[nH]c(=O)c23)C1. The van der Waals surface area contributed by atoms with Crippen molar-refractivity contribution in [1.29, 1.82) is 0 Å². The van der Waals surface area contributed by atoms with E-state index in [9.17, 15) is 18.4 Å². The molecule has 27 heavy (non-hydrogen) atoms. The quantitative estimate of drug-likeness (QED) is 0.692. The number of esters is 1. The van der Waals surface area contributed by atoms with Crippen molar-refractivity contribution in [3.63, 3.8) is 0 Å². The van der Waals surface area contributed by atoms with Crippen LogP contribution >= 0.6 is 11.3 Å². The lowest BCUT2D eigenvalue weighted by atomic mass is 9.89. The van der Waals surface area contributed by atoms with Crippen molar-refractivity contribution in [2.75, 3.05) is 0 Å². The van der Waals surface area contributed by atoms with Crippen molar-refractivity contribution in [2.45, 2.75) is 32.8 Å². The Balaban J connectivity index is 1.60. The van der Waals surface area contributed by atoms with Gasteiger partial charge in [0.1, 0.15) is 34.5 Å². The highest BCUT2D eigenvalue weighted by molar-refractivity contribution is 7.18. The van der Waals surface area contributed by atoms with Gasteiger partial charge in [-0.25, -0.2) is 18.6 Å². The Kier molecular flexibility index (Phi) is 4.51. The fourth-order valence-corrected chi connectivity index (χ4v) is 4.76. The lowest BCUT2D eigenvalue weighted by molar-refractivity contribution is 0.0451. The van der Waals surface area contributed by atoms with Crippen LogP contribution in [0.1, 0.15) is 40.0 Å². The zero-order chi connectivity index (χ0) is 19.1. The van der Waals surface area contributed by atoms with Crippen LogP contribution in [0.3, 0.4) is 0 Å². The standard InChI is InChI=1S/C19H16F2N2O3S/c1-9-5-6-10-13(7-9)27-18-15(10)17(24)22-14(23-18)8-26-19(25)16-11(20)3-2-4-12(16)21/h2-4,9H,5-8H2,1H3,(H,22,23,24)/t9-/m1/s1. The highest BCUT2D eigenvalue weighted by Gasteiger charge is 2.23. The number of ether oxygens (including phenoxy) is 1. The summed E-state index contributed by atoms with van der Waals surface area (Å²) in [6, 6.07) is 3.11. The molecule has 140 valence electrons. The molecule has 0 fully saturated rings. The van der Waals surface area contributed by atoms with Gasteiger partial charge >= 0.3 is 5.97 Å². The topological polar surface area (TPSA) is 72.0 Å². The summed E-state index contributed by atoms with van der Waals surface area (Å²) in [6.07, 6.45) is 2.81. The summed E-state index contributed by atoms with van der Waals surface area (Å²) in [5.41, 5.74) is 0.00972. The maximum Gasteiger partial charge on any atom is 0.344 e. The van der Waals surface area contributed by atoms with Gasteiger partial charge in [-0.15, -0.1) is 11.3 Å². The molecule has 0 unspecified atom stereocenters. The number of carbonyl (C=O) groups is 1. The van der Waals surface area contributed by atoms with Crippen LogP contribution in [-0.2, 0) is 24.2 Å². The van der Waals surface area contributed by atoms with E-state index >= 15 is 0 Å². The van der Waals surface area contributed by atoms with Crippen LogP contribution in [0.4, 0.5) is 8.78 Å². The first-order valence-electron chi connectivity index (χ1n) is 8.58. The van der Waals surface area contributed by atoms with E-state index in [2.05, 4.69) is 16.9 Å². The third-order valence-electron chi connectivity index (χ3n) is 4.72. The van der Waals surface area contributed by atoms with Crippen molar-refractivity contribution >= 4 is 27.5 Å². The molecule has 0 aliphatic heterocycles. The van der Waals surface area contributed by atoms with Crippen molar-refractivity contribution in [1.82, 2.24) is 9.97 Å². The van der Waals surface area contributed by atoms with Crippen molar-refractivity contribution in [3.8, 4) is 0 Å². The number of carbonyl (C=O) groups excluding carboxylic acids is 1. The van der Waals surface area contributed by atoms with Crippen LogP contribution in [0.15, 0.2) is 23.0 Å². The molecule has 5 nitrogen and oxygen atoms in total. The molecule has 4 rings (SSSR count). The van der Waals surface area contributed by atoms with Gasteiger partial charge in [0, 0.05) is 4.88 Å². The van der Waals surface area contributed by atoms with Crippen LogP contribution in [0.5, 0.6) is 0 Å². The number of nitrogens with one attached hydrogen (secondary N) is 1. The van der Waals surface area contributed by atoms with E-state index in [4.69, 9.17) is 4.74 Å². The molecule has 0 spiro atoms. The molecule has 0 amide bonds. The van der Waals surface area contributed by atoms with Gasteiger partial charge in [-0.3, -0.25) is 4.79 Å². The normalized spacial score (nSPS) is 16.3. The lowest BCUT2D eigenvalue weighted by Crippen LogP contribution is -2.16. The predicted octanol–water partition coefficient (Wildman–Crippen LogP) is 3.74. The first-order valence-corrected chi connectivity index (χ1v) is 9.40. The fourth-order valence-electron chi connectivity index (χ4n) is 3.36. The Labute approximate surface area is 157 Å². The first-order chi connectivity index (χ1) is 12.9. The number of aryl methyl sites for hydroxylation is 1. The number of halogens is 2. The predicted molar refractivity (Wildman–Crippen MR) is 96.9 cm³/mol. The molecular weight excluding hydrogens is 374 g/mol. The number of aromatic nitrogens is 2. The molecule has 1 aliphatic rings. The molecule has 2 aromatic heterocycles. The van der Waals surface area contributed by atoms with Crippen LogP contribution in [-0.4, -0.2) is 15.9 Å². The molecule has 0 saturated heterocycles. The lowest BCUT2D eigenvalue weighted by Gasteiger charge is -2.17. The molecule has 0 bridgehead atoms. The second kappa shape index (κ2) is 6.84. The van der Waals surface area contributed by atoms with Crippen LogP contribution in [0, 0.1) is 17.6 Å². The van der Waals surface area contributed by atoms with Gasteiger partial charge in [-0.05, 0) is 42.9 Å². The van der Waals surface area contributed by atoms with E-state index in [1.807, 2.05) is 0 Å². The Morgan fingerprint density at radius 1 is 1.37 bits per heavy atom. The molecule has 0 radical (unpaired) electrons. The van der Waals surface area contributed by atoms with Crippen molar-refractivity contribution in [3.05, 3.63) is 62.0 Å². The minimum absolute atomic E-state index is 0.143. The number of aromatic amines is 1. The maximum atomic E-state index is 13.6. The van der Waals surface area contributed by atoms with Gasteiger partial charge in [0.05, 0.1) is 5.39 Å². The minimum Gasteiger partial charge on any atom is -0.454 e. The summed E-state index contributed by atoms with van der Waals surface area (Å²) in [6.45, 7) is 1.80. The molecule has 1 atom stereocenters. The maximum absolute atomic E-state index is 13.6. The smallest absolute Gasteiger partial charge is 0.344 e. The Morgan fingerprint density at radius 2 is 2.11 bits per heavy atom. The number of hydrogen-bond donors (Lipinski definition) is 1. The molecule has 1 aromatic carbocycles. The molecule has 2 heterocycles. The average Bonchev–Trinajstić information content (AvgIpc) is 2.97. The van der Waals surface area contributed by atoms with E-state index in [-0.39, 0.29) is 18.0 Å². The summed E-state index contributed by atoms with van der Waals surface area (Å²) >= 11 is 1.48. The molecule has 8 heteroatoms. The van der Waals surface area contributed by atoms with Crippen LogP contribution in [0.25, 0.3) is 10.2 Å². The minimum atomic E-state index is -1.15. The molecule has 3 aromatic rings. The van der Waals surface area contributed by atoms with E-state index in [0.717, 1.165) is 43.0 Å². The Morgan fingerprint density at radius 3 is 2.85 bits per heavy atom. The molecule has 0 saturated carbocycles. The van der Waals surface area contributed by atoms with Crippen LogP contribution in [0.2, 0.25) is 0 Å². The zero-order valence-electron chi connectivity index (χ0n) is 14.5. The summed E-state index contributed by atoms with van der Waals surface area (Å²) < 4.78 is 32.3. The summed E-state index contributed by atoms with van der Waals surface area (Å²) in [5.74, 6) is -2.44. The second-order valence-electron chi connectivity index (χ2n) is 6.72. The van der Waals surface area contributed by atoms with E-state index in [1.165, 1.54) is 16.2 Å². The number of thiophene rings is 1.